The van der Waals surface area contributed by atoms with E-state index in [-0.39, 0.29) is 0 Å². The van der Waals surface area contributed by atoms with Crippen molar-refractivity contribution in [2.75, 3.05) is 18.1 Å². The Labute approximate surface area is 76.4 Å². The third-order valence-electron chi connectivity index (χ3n) is 2.13. The maximum atomic E-state index is 5.65. The third kappa shape index (κ3) is 1.11. The lowest BCUT2D eigenvalue weighted by Crippen LogP contribution is -1.97. The van der Waals surface area contributed by atoms with Gasteiger partial charge < -0.3 is 15.6 Å². The number of nitrogens with one attached hydrogen (secondary N) is 1. The van der Waals surface area contributed by atoms with E-state index in [9.17, 15) is 0 Å². The van der Waals surface area contributed by atoms with Crippen molar-refractivity contribution in [2.24, 2.45) is 7.05 Å². The highest BCUT2D eigenvalue weighted by Crippen LogP contribution is 2.19. The molecule has 1 aromatic heterocycles. The van der Waals surface area contributed by atoms with E-state index in [0.29, 0.717) is 0 Å². The number of nitrogens with zero attached hydrogens (tertiary/aromatic N) is 2. The van der Waals surface area contributed by atoms with Gasteiger partial charge in [-0.05, 0) is 18.2 Å². The molecule has 1 heterocycles. The smallest absolute Gasteiger partial charge is 0.203 e. The van der Waals surface area contributed by atoms with Gasteiger partial charge in [0, 0.05) is 19.8 Å². The third-order valence-corrected chi connectivity index (χ3v) is 2.13. The van der Waals surface area contributed by atoms with Gasteiger partial charge in [-0.3, -0.25) is 0 Å². The molecule has 1 aromatic carbocycles. The molecular weight excluding hydrogens is 164 g/mol. The number of nitrogen functional groups attached to an aromatic ring is 1. The summed E-state index contributed by atoms with van der Waals surface area (Å²) < 4.78 is 1.99. The van der Waals surface area contributed by atoms with E-state index in [1.807, 2.05) is 36.9 Å². The van der Waals surface area contributed by atoms with Crippen LogP contribution in [0.1, 0.15) is 0 Å². The van der Waals surface area contributed by atoms with Crippen molar-refractivity contribution in [3.8, 4) is 0 Å². The van der Waals surface area contributed by atoms with Crippen LogP contribution in [0.4, 0.5) is 11.6 Å². The van der Waals surface area contributed by atoms with Gasteiger partial charge in [-0.1, -0.05) is 0 Å². The fourth-order valence-corrected chi connectivity index (χ4v) is 1.44. The summed E-state index contributed by atoms with van der Waals surface area (Å²) in [5, 5.41) is 3.02. The molecular formula is C9H12N4. The van der Waals surface area contributed by atoms with E-state index >= 15 is 0 Å². The van der Waals surface area contributed by atoms with Crippen molar-refractivity contribution >= 4 is 22.7 Å². The molecule has 0 aliphatic rings. The molecule has 4 nitrogen and oxygen atoms in total. The number of benzene rings is 1. The van der Waals surface area contributed by atoms with Crippen molar-refractivity contribution in [3.05, 3.63) is 18.2 Å². The largest absolute Gasteiger partial charge is 0.399 e. The number of hydrogen-bond acceptors (Lipinski definition) is 3. The summed E-state index contributed by atoms with van der Waals surface area (Å²) in [6.45, 7) is 0. The van der Waals surface area contributed by atoms with Crippen molar-refractivity contribution in [1.82, 2.24) is 9.55 Å². The van der Waals surface area contributed by atoms with E-state index in [1.165, 1.54) is 0 Å². The molecule has 0 fully saturated rings. The van der Waals surface area contributed by atoms with Crippen LogP contribution in [-0.4, -0.2) is 16.6 Å². The average molecular weight is 176 g/mol. The lowest BCUT2D eigenvalue weighted by Gasteiger charge is -1.99. The molecule has 13 heavy (non-hydrogen) atoms. The fourth-order valence-electron chi connectivity index (χ4n) is 1.44. The lowest BCUT2D eigenvalue weighted by molar-refractivity contribution is 0.952. The van der Waals surface area contributed by atoms with Gasteiger partial charge in [-0.15, -0.1) is 0 Å². The molecule has 0 unspecified atom stereocenters. The van der Waals surface area contributed by atoms with Gasteiger partial charge in [0.1, 0.15) is 0 Å². The highest BCUT2D eigenvalue weighted by atomic mass is 15.2. The molecule has 0 aliphatic heterocycles. The molecule has 0 atom stereocenters. The number of imidazole rings is 1. The minimum absolute atomic E-state index is 0.744. The molecule has 4 heteroatoms. The molecule has 0 amide bonds. The molecule has 68 valence electrons. The Morgan fingerprint density at radius 3 is 2.92 bits per heavy atom. The van der Waals surface area contributed by atoms with Crippen molar-refractivity contribution in [2.45, 2.75) is 0 Å². The zero-order valence-electron chi connectivity index (χ0n) is 7.70. The number of fused-ring (bicyclic) bond motifs is 1. The van der Waals surface area contributed by atoms with Crippen molar-refractivity contribution in [3.63, 3.8) is 0 Å². The minimum Gasteiger partial charge on any atom is -0.399 e. The Balaban J connectivity index is 2.76. The first-order chi connectivity index (χ1) is 6.22. The quantitative estimate of drug-likeness (QED) is 0.642. The average Bonchev–Trinajstić information content (AvgIpc) is 2.42. The standard InChI is InChI=1S/C9H12N4/c1-11-9-12-7-5-6(10)3-4-8(7)13(9)2/h3-5H,10H2,1-2H3,(H,11,12). The maximum absolute atomic E-state index is 5.65. The second kappa shape index (κ2) is 2.65. The predicted molar refractivity (Wildman–Crippen MR) is 54.7 cm³/mol. The second-order valence-electron chi connectivity index (χ2n) is 2.99. The predicted octanol–water partition coefficient (Wildman–Crippen LogP) is 1.20. The summed E-state index contributed by atoms with van der Waals surface area (Å²) in [6, 6.07) is 5.72. The molecule has 2 rings (SSSR count). The number of rotatable bonds is 1. The number of anilines is 2. The maximum Gasteiger partial charge on any atom is 0.203 e. The summed E-state index contributed by atoms with van der Waals surface area (Å²) in [7, 11) is 3.82. The topological polar surface area (TPSA) is 55.9 Å². The number of aromatic nitrogens is 2. The van der Waals surface area contributed by atoms with E-state index < -0.39 is 0 Å². The summed E-state index contributed by atoms with van der Waals surface area (Å²) in [6.07, 6.45) is 0. The number of nitrogens with two attached hydrogens (primary N) is 1. The fraction of sp³-hybridized carbons (Fsp3) is 0.222. The Bertz CT molecular complexity index is 444. The molecule has 0 aliphatic carbocycles. The zero-order chi connectivity index (χ0) is 9.42. The van der Waals surface area contributed by atoms with Crippen LogP contribution in [0.2, 0.25) is 0 Å². The molecule has 0 saturated heterocycles. The highest BCUT2D eigenvalue weighted by molar-refractivity contribution is 5.81. The van der Waals surface area contributed by atoms with Crippen molar-refractivity contribution in [1.29, 1.82) is 0 Å². The van der Waals surface area contributed by atoms with Crippen LogP contribution in [-0.2, 0) is 7.05 Å². The van der Waals surface area contributed by atoms with Crippen LogP contribution in [0.3, 0.4) is 0 Å². The van der Waals surface area contributed by atoms with Gasteiger partial charge in [0.15, 0.2) is 0 Å². The summed E-state index contributed by atoms with van der Waals surface area (Å²) in [5.74, 6) is 0.848. The molecule has 2 aromatic rings. The zero-order valence-corrected chi connectivity index (χ0v) is 7.70. The van der Waals surface area contributed by atoms with Crippen LogP contribution < -0.4 is 11.1 Å². The summed E-state index contributed by atoms with van der Waals surface area (Å²) in [5.41, 5.74) is 8.40. The first kappa shape index (κ1) is 7.91. The van der Waals surface area contributed by atoms with E-state index in [4.69, 9.17) is 5.73 Å². The summed E-state index contributed by atoms with van der Waals surface area (Å²) >= 11 is 0. The van der Waals surface area contributed by atoms with E-state index in [1.54, 1.807) is 0 Å². The van der Waals surface area contributed by atoms with Gasteiger partial charge in [0.2, 0.25) is 5.95 Å². The van der Waals surface area contributed by atoms with E-state index in [0.717, 1.165) is 22.7 Å². The Morgan fingerprint density at radius 2 is 2.23 bits per heavy atom. The van der Waals surface area contributed by atoms with Crippen LogP contribution in [0.15, 0.2) is 18.2 Å². The number of hydrogen-bond donors (Lipinski definition) is 2. The molecule has 0 spiro atoms. The van der Waals surface area contributed by atoms with Gasteiger partial charge in [0.25, 0.3) is 0 Å². The monoisotopic (exact) mass is 176 g/mol. The van der Waals surface area contributed by atoms with Gasteiger partial charge in [0.05, 0.1) is 11.0 Å². The van der Waals surface area contributed by atoms with Crippen LogP contribution >= 0.6 is 0 Å². The van der Waals surface area contributed by atoms with E-state index in [2.05, 4.69) is 10.3 Å². The highest BCUT2D eigenvalue weighted by Gasteiger charge is 2.04. The second-order valence-corrected chi connectivity index (χ2v) is 2.99. The molecule has 0 bridgehead atoms. The molecule has 3 N–H and O–H groups in total. The first-order valence-electron chi connectivity index (χ1n) is 4.12. The lowest BCUT2D eigenvalue weighted by atomic mass is 10.3. The number of aryl methyl sites for hydroxylation is 1. The van der Waals surface area contributed by atoms with Crippen LogP contribution in [0, 0.1) is 0 Å². The minimum atomic E-state index is 0.744. The van der Waals surface area contributed by atoms with Crippen molar-refractivity contribution < 1.29 is 0 Å². The Kier molecular flexibility index (Phi) is 1.62. The first-order valence-corrected chi connectivity index (χ1v) is 4.12. The van der Waals surface area contributed by atoms with Gasteiger partial charge in [-0.2, -0.15) is 0 Å². The Morgan fingerprint density at radius 1 is 1.46 bits per heavy atom. The normalized spacial score (nSPS) is 10.6. The van der Waals surface area contributed by atoms with Gasteiger partial charge >= 0.3 is 0 Å². The van der Waals surface area contributed by atoms with Gasteiger partial charge in [-0.25, -0.2) is 4.98 Å². The SMILES string of the molecule is CNc1nc2cc(N)ccc2n1C. The van der Waals surface area contributed by atoms with Crippen LogP contribution in [0.5, 0.6) is 0 Å². The van der Waals surface area contributed by atoms with Crippen LogP contribution in [0.25, 0.3) is 11.0 Å². The molecule has 0 radical (unpaired) electrons. The summed E-state index contributed by atoms with van der Waals surface area (Å²) in [4.78, 5) is 4.36. The molecule has 0 saturated carbocycles. The Hall–Kier alpha value is -1.71.